The van der Waals surface area contributed by atoms with Gasteiger partial charge in [-0.1, -0.05) is 20.8 Å². The molecule has 3 heterocycles. The highest BCUT2D eigenvalue weighted by Gasteiger charge is 2.30. The zero-order valence-electron chi connectivity index (χ0n) is 19.3. The molecule has 0 radical (unpaired) electrons. The highest BCUT2D eigenvalue weighted by Crippen LogP contribution is 2.26. The maximum Gasteiger partial charge on any atom is 0.291 e. The second-order valence-corrected chi connectivity index (χ2v) is 8.98. The normalized spacial score (nSPS) is 16.8. The number of nitrogens with one attached hydrogen (secondary N) is 1. The molecule has 1 aliphatic heterocycles. The van der Waals surface area contributed by atoms with E-state index in [1.165, 1.54) is 10.6 Å². The van der Waals surface area contributed by atoms with Crippen molar-refractivity contribution in [2.45, 2.75) is 52.6 Å². The Labute approximate surface area is 191 Å². The molecule has 0 unspecified atom stereocenters. The molecule has 4 rings (SSSR count). The first-order valence-corrected chi connectivity index (χ1v) is 11.5. The Bertz CT molecular complexity index is 1150. The quantitative estimate of drug-likeness (QED) is 0.603. The third-order valence-electron chi connectivity index (χ3n) is 5.85. The van der Waals surface area contributed by atoms with Crippen LogP contribution < -0.4 is 10.9 Å². The fourth-order valence-corrected chi connectivity index (χ4v) is 4.00. The van der Waals surface area contributed by atoms with E-state index in [4.69, 9.17) is 4.74 Å². The second-order valence-electron chi connectivity index (χ2n) is 8.98. The first-order valence-electron chi connectivity index (χ1n) is 11.5. The van der Waals surface area contributed by atoms with Crippen LogP contribution in [-0.2, 0) is 22.5 Å². The van der Waals surface area contributed by atoms with E-state index in [0.29, 0.717) is 56.2 Å². The van der Waals surface area contributed by atoms with Crippen molar-refractivity contribution in [2.24, 2.45) is 5.92 Å². The lowest BCUT2D eigenvalue weighted by molar-refractivity contribution is -0.129. The summed E-state index contributed by atoms with van der Waals surface area (Å²) in [7, 11) is 0. The molecule has 2 aliphatic rings. The molecule has 2 aromatic rings. The Hall–Kier alpha value is -3.14. The van der Waals surface area contributed by atoms with Crippen LogP contribution in [0.1, 0.15) is 55.2 Å². The Balaban J connectivity index is 1.84. The number of fused-ring (bicyclic) bond motifs is 1. The number of aromatic nitrogens is 3. The van der Waals surface area contributed by atoms with Gasteiger partial charge in [-0.05, 0) is 31.3 Å². The topological polar surface area (TPSA) is 118 Å². The molecular formula is C23H31N5O5. The van der Waals surface area contributed by atoms with Gasteiger partial charge in [-0.15, -0.1) is 0 Å². The first kappa shape index (κ1) is 23.0. The molecule has 0 atom stereocenters. The average Bonchev–Trinajstić information content (AvgIpc) is 3.52. The molecule has 2 N–H and O–H groups in total. The fourth-order valence-electron chi connectivity index (χ4n) is 4.00. The van der Waals surface area contributed by atoms with Crippen molar-refractivity contribution >= 4 is 23.5 Å². The van der Waals surface area contributed by atoms with E-state index in [0.717, 1.165) is 12.8 Å². The zero-order chi connectivity index (χ0) is 23.7. The van der Waals surface area contributed by atoms with Gasteiger partial charge < -0.3 is 20.1 Å². The van der Waals surface area contributed by atoms with Crippen molar-refractivity contribution in [3.05, 3.63) is 33.3 Å². The molecule has 2 amide bonds. The maximum atomic E-state index is 13.3. The number of carbonyl (C=O) groups excluding carboxylic acids is 2. The largest absolute Gasteiger partial charge is 0.494 e. The van der Waals surface area contributed by atoms with Gasteiger partial charge in [0.1, 0.15) is 5.65 Å². The van der Waals surface area contributed by atoms with Crippen molar-refractivity contribution < 1.29 is 19.4 Å². The summed E-state index contributed by atoms with van der Waals surface area (Å²) in [6.07, 6.45) is 5.36. The molecule has 2 aromatic heterocycles. The summed E-state index contributed by atoms with van der Waals surface area (Å²) in [6.45, 7) is 8.29. The van der Waals surface area contributed by atoms with E-state index in [2.05, 4.69) is 10.4 Å². The number of aromatic hydroxyl groups is 1. The number of ether oxygens (including phenoxy) is 1. The van der Waals surface area contributed by atoms with Crippen molar-refractivity contribution in [3.63, 3.8) is 0 Å². The second kappa shape index (κ2) is 9.38. The third kappa shape index (κ3) is 4.66. The number of hydrogen-bond donors (Lipinski definition) is 2. The predicted octanol–water partition coefficient (Wildman–Crippen LogP) is 1.18. The summed E-state index contributed by atoms with van der Waals surface area (Å²) in [6, 6.07) is 0.0408. The maximum absolute atomic E-state index is 13.3. The molecule has 2 fully saturated rings. The number of morpholine rings is 1. The van der Waals surface area contributed by atoms with Gasteiger partial charge in [0.15, 0.2) is 5.56 Å². The molecule has 0 aromatic carbocycles. The number of aryl methyl sites for hydroxylation is 1. The number of carbonyl (C=O) groups is 2. The Kier molecular flexibility index (Phi) is 6.55. The minimum atomic E-state index is -0.672. The molecule has 1 aliphatic carbocycles. The minimum Gasteiger partial charge on any atom is -0.494 e. The summed E-state index contributed by atoms with van der Waals surface area (Å²) >= 11 is 0. The van der Waals surface area contributed by atoms with Crippen LogP contribution in [0.25, 0.3) is 11.7 Å². The first-order chi connectivity index (χ1) is 15.8. The number of hydrogen-bond acceptors (Lipinski definition) is 6. The van der Waals surface area contributed by atoms with E-state index >= 15 is 0 Å². The molecule has 1 saturated heterocycles. The zero-order valence-corrected chi connectivity index (χ0v) is 19.3. The Morgan fingerprint density at radius 2 is 1.97 bits per heavy atom. The van der Waals surface area contributed by atoms with Crippen LogP contribution in [0, 0.1) is 5.92 Å². The van der Waals surface area contributed by atoms with Gasteiger partial charge in [-0.25, -0.2) is 0 Å². The van der Waals surface area contributed by atoms with Crippen LogP contribution in [0.15, 0.2) is 10.9 Å². The standard InChI is InChI=1S/C23H31N5O5/c1-4-17-16(7-8-18(29)26-9-11-33-12-10-26)21-27(13-14(2)3)22(31)19(23(32)28(21)25-17)20(30)24-15-5-6-15/h7-8,14-15,31H,4-6,9-13H2,1-3H3,(H,24,30). The lowest BCUT2D eigenvalue weighted by atomic mass is 10.1. The Morgan fingerprint density at radius 1 is 1.27 bits per heavy atom. The van der Waals surface area contributed by atoms with Crippen molar-refractivity contribution in [1.82, 2.24) is 24.4 Å². The van der Waals surface area contributed by atoms with Gasteiger partial charge in [-0.2, -0.15) is 9.61 Å². The summed E-state index contributed by atoms with van der Waals surface area (Å²) in [5.41, 5.74) is 0.586. The van der Waals surface area contributed by atoms with Gasteiger partial charge in [0.05, 0.1) is 18.9 Å². The highest BCUT2D eigenvalue weighted by atomic mass is 16.5. The van der Waals surface area contributed by atoms with Crippen LogP contribution in [0.3, 0.4) is 0 Å². The molecule has 33 heavy (non-hydrogen) atoms. The number of rotatable bonds is 7. The highest BCUT2D eigenvalue weighted by molar-refractivity contribution is 5.97. The van der Waals surface area contributed by atoms with Gasteiger partial charge in [0.2, 0.25) is 11.8 Å². The lowest BCUT2D eigenvalue weighted by Crippen LogP contribution is -2.39. The minimum absolute atomic E-state index is 0.0408. The van der Waals surface area contributed by atoms with E-state index < -0.39 is 11.5 Å². The molecule has 10 nitrogen and oxygen atoms in total. The summed E-state index contributed by atoms with van der Waals surface area (Å²) in [4.78, 5) is 40.4. The molecule has 0 spiro atoms. The Morgan fingerprint density at radius 3 is 2.58 bits per heavy atom. The lowest BCUT2D eigenvalue weighted by Gasteiger charge is -2.25. The van der Waals surface area contributed by atoms with Gasteiger partial charge in [0.25, 0.3) is 11.5 Å². The predicted molar refractivity (Wildman–Crippen MR) is 122 cm³/mol. The van der Waals surface area contributed by atoms with Crippen molar-refractivity contribution in [1.29, 1.82) is 0 Å². The van der Waals surface area contributed by atoms with E-state index in [9.17, 15) is 19.5 Å². The van der Waals surface area contributed by atoms with Crippen molar-refractivity contribution in [2.75, 3.05) is 26.3 Å². The monoisotopic (exact) mass is 457 g/mol. The molecule has 178 valence electrons. The van der Waals surface area contributed by atoms with Gasteiger partial charge >= 0.3 is 0 Å². The number of amides is 2. The van der Waals surface area contributed by atoms with Crippen LogP contribution in [0.2, 0.25) is 0 Å². The molecule has 0 bridgehead atoms. The summed E-state index contributed by atoms with van der Waals surface area (Å²) in [5.74, 6) is -1.00. The van der Waals surface area contributed by atoms with Crippen LogP contribution in [-0.4, -0.2) is 68.3 Å². The SMILES string of the molecule is CCc1nn2c(=O)c(C(=O)NC3CC3)c(O)n(CC(C)C)c2c1C=CC(=O)N1CCOCC1. The van der Waals surface area contributed by atoms with E-state index in [-0.39, 0.29) is 29.3 Å². The smallest absolute Gasteiger partial charge is 0.291 e. The summed E-state index contributed by atoms with van der Waals surface area (Å²) in [5, 5.41) is 18.3. The van der Waals surface area contributed by atoms with Gasteiger partial charge in [-0.3, -0.25) is 19.0 Å². The van der Waals surface area contributed by atoms with Crippen LogP contribution in [0.4, 0.5) is 0 Å². The molecule has 1 saturated carbocycles. The number of nitrogens with zero attached hydrogens (tertiary/aromatic N) is 4. The molecular weight excluding hydrogens is 426 g/mol. The van der Waals surface area contributed by atoms with Crippen molar-refractivity contribution in [3.8, 4) is 5.88 Å². The third-order valence-corrected chi connectivity index (χ3v) is 5.85. The fraction of sp³-hybridized carbons (Fsp3) is 0.565. The van der Waals surface area contributed by atoms with E-state index in [1.807, 2.05) is 20.8 Å². The van der Waals surface area contributed by atoms with Crippen LogP contribution >= 0.6 is 0 Å². The van der Waals surface area contributed by atoms with Gasteiger partial charge in [0, 0.05) is 37.3 Å². The molecule has 10 heteroatoms. The van der Waals surface area contributed by atoms with Crippen LogP contribution in [0.5, 0.6) is 5.88 Å². The summed E-state index contributed by atoms with van der Waals surface area (Å²) < 4.78 is 8.04. The average molecular weight is 458 g/mol. The van der Waals surface area contributed by atoms with E-state index in [1.54, 1.807) is 15.5 Å².